The molecule has 1 aromatic carbocycles. The smallest absolute Gasteiger partial charge is 0.410 e. The Morgan fingerprint density at radius 1 is 1.33 bits per heavy atom. The largest absolute Gasteiger partial charge is 0.508 e. The van der Waals surface area contributed by atoms with Gasteiger partial charge in [0, 0.05) is 21.1 Å². The number of carbonyl (C=O) groups excluding carboxylic acids is 1. The van der Waals surface area contributed by atoms with Crippen LogP contribution in [0.25, 0.3) is 11.0 Å². The van der Waals surface area contributed by atoms with E-state index in [1.54, 1.807) is 13.2 Å². The first-order chi connectivity index (χ1) is 8.56. The third kappa shape index (κ3) is 1.83. The maximum Gasteiger partial charge on any atom is 0.508 e. The van der Waals surface area contributed by atoms with Crippen molar-refractivity contribution in [1.82, 2.24) is 20.1 Å². The van der Waals surface area contributed by atoms with Crippen molar-refractivity contribution in [2.45, 2.75) is 0 Å². The Hall–Kier alpha value is -2.31. The molecule has 0 saturated heterocycles. The minimum absolute atomic E-state index is 0.550. The minimum Gasteiger partial charge on any atom is -0.410 e. The summed E-state index contributed by atoms with van der Waals surface area (Å²) in [4.78, 5) is 4.45. The Bertz CT molecular complexity index is 590. The van der Waals surface area contributed by atoms with E-state index in [1.165, 1.54) is 0 Å². The molecule has 0 unspecified atom stereocenters. The molecule has 0 radical (unpaired) electrons. The molecule has 2 amide bonds. The number of amides is 2. The molecule has 7 heteroatoms. The fourth-order valence-corrected chi connectivity index (χ4v) is 1.91. The summed E-state index contributed by atoms with van der Waals surface area (Å²) in [7, 11) is 7.25. The highest BCUT2D eigenvalue weighted by atomic mass is 16.5. The summed E-state index contributed by atoms with van der Waals surface area (Å²) in [5.74, 6) is 0. The lowest BCUT2D eigenvalue weighted by Gasteiger charge is -2.17. The van der Waals surface area contributed by atoms with Crippen molar-refractivity contribution in [2.75, 3.05) is 33.2 Å². The number of benzene rings is 1. The number of anilines is 1. The Balaban J connectivity index is 2.54. The van der Waals surface area contributed by atoms with E-state index in [9.17, 15) is 5.21 Å². The molecule has 7 nitrogen and oxygen atoms in total. The van der Waals surface area contributed by atoms with Crippen molar-refractivity contribution in [3.8, 4) is 0 Å². The first kappa shape index (κ1) is 12.2. The summed E-state index contributed by atoms with van der Waals surface area (Å²) in [6.07, 6.45) is 0. The molecule has 0 fully saturated rings. The maximum atomic E-state index is 9.50. The normalized spacial score (nSPS) is 11.9. The van der Waals surface area contributed by atoms with E-state index in [-0.39, 0.29) is 0 Å². The first-order valence-electron chi connectivity index (χ1n) is 5.42. The van der Waals surface area contributed by atoms with Gasteiger partial charge in [-0.25, -0.2) is 9.32 Å². The van der Waals surface area contributed by atoms with Gasteiger partial charge in [-0.1, -0.05) is 10.9 Å². The average molecular weight is 250 g/mol. The van der Waals surface area contributed by atoms with Gasteiger partial charge in [0.1, 0.15) is 11.0 Å². The lowest BCUT2D eigenvalue weighted by molar-refractivity contribution is -0.0921. The summed E-state index contributed by atoms with van der Waals surface area (Å²) < 4.78 is 5.33. The zero-order chi connectivity index (χ0) is 13.3. The third-order valence-corrected chi connectivity index (χ3v) is 2.65. The zero-order valence-electron chi connectivity index (χ0n) is 10.8. The van der Waals surface area contributed by atoms with E-state index in [0.29, 0.717) is 17.1 Å². The van der Waals surface area contributed by atoms with Gasteiger partial charge in [0.05, 0.1) is 5.69 Å². The summed E-state index contributed by atoms with van der Waals surface area (Å²) in [5, 5.41) is 17.0. The fraction of sp³-hybridized carbons (Fsp3) is 0.364. The molecule has 1 heterocycles. The van der Waals surface area contributed by atoms with Gasteiger partial charge < -0.3 is 5.21 Å². The number of aromatic nitrogens is 3. The highest BCUT2D eigenvalue weighted by Crippen LogP contribution is 2.24. The molecule has 1 aromatic heterocycles. The molecule has 2 aromatic rings. The Morgan fingerprint density at radius 2 is 2.06 bits per heavy atom. The molecule has 0 bridgehead atoms. The van der Waals surface area contributed by atoms with Crippen LogP contribution in [0.15, 0.2) is 18.2 Å². The molecule has 0 aliphatic rings. The van der Waals surface area contributed by atoms with Gasteiger partial charge in [0.15, 0.2) is 0 Å². The zero-order valence-corrected chi connectivity index (χ0v) is 10.8. The Morgan fingerprint density at radius 3 is 2.67 bits per heavy atom. The van der Waals surface area contributed by atoms with Crippen LogP contribution in [0.4, 0.5) is 10.1 Å². The van der Waals surface area contributed by atoms with Gasteiger partial charge >= 0.3 is 6.03 Å². The van der Waals surface area contributed by atoms with Crippen LogP contribution in [-0.2, 0) is 0 Å². The van der Waals surface area contributed by atoms with Crippen molar-refractivity contribution in [1.29, 1.82) is 0 Å². The standard InChI is InChI=1S/C11H16N5O2/c1-14(2)11(18-4)15(3)8-6-5-7-9-10(8)12-13-16(9)17/h5-7,17H,1-4H3/q+1. The topological polar surface area (TPSA) is 68.7 Å². The number of hydrogen-bond donors (Lipinski definition) is 1. The van der Waals surface area contributed by atoms with Gasteiger partial charge in [-0.2, -0.15) is 0 Å². The van der Waals surface area contributed by atoms with Crippen LogP contribution >= 0.6 is 0 Å². The highest BCUT2D eigenvalue weighted by molar-refractivity contribution is 5.99. The van der Waals surface area contributed by atoms with Crippen molar-refractivity contribution in [3.05, 3.63) is 18.2 Å². The molecule has 1 N–H and O–H groups in total. The second-order valence-electron chi connectivity index (χ2n) is 4.06. The van der Waals surface area contributed by atoms with Gasteiger partial charge in [0.2, 0.25) is 0 Å². The van der Waals surface area contributed by atoms with Crippen LogP contribution in [-0.4, -0.2) is 59.5 Å². The second kappa shape index (κ2) is 4.52. The number of rotatable bonds is 1. The number of nitrogens with zero attached hydrogens (tertiary/aromatic N) is 5. The van der Waals surface area contributed by atoms with E-state index >= 15 is 0 Å². The fourth-order valence-electron chi connectivity index (χ4n) is 1.91. The molecule has 0 aliphatic heterocycles. The van der Waals surface area contributed by atoms with Crippen LogP contribution < -0.4 is 4.90 Å². The van der Waals surface area contributed by atoms with Crippen LogP contribution in [0.1, 0.15) is 0 Å². The molecule has 2 rings (SSSR count). The van der Waals surface area contributed by atoms with Crippen molar-refractivity contribution >= 4 is 22.8 Å². The van der Waals surface area contributed by atoms with Crippen molar-refractivity contribution in [2.24, 2.45) is 0 Å². The monoisotopic (exact) mass is 250 g/mol. The van der Waals surface area contributed by atoms with E-state index in [1.807, 2.05) is 43.1 Å². The van der Waals surface area contributed by atoms with Gasteiger partial charge in [-0.3, -0.25) is 4.90 Å². The first-order valence-corrected chi connectivity index (χ1v) is 5.42. The van der Waals surface area contributed by atoms with Crippen LogP contribution in [0.3, 0.4) is 0 Å². The average Bonchev–Trinajstić information content (AvgIpc) is 2.71. The van der Waals surface area contributed by atoms with E-state index in [2.05, 4.69) is 10.3 Å². The number of urea groups is 1. The summed E-state index contributed by atoms with van der Waals surface area (Å²) in [6.45, 7) is 0. The SMILES string of the molecule is C[O+]=C(N(C)C)N(C)c1cccc2c1nnn2O. The molecule has 0 atom stereocenters. The van der Waals surface area contributed by atoms with E-state index in [4.69, 9.17) is 4.42 Å². The quantitative estimate of drug-likeness (QED) is 0.605. The lowest BCUT2D eigenvalue weighted by atomic mass is 10.2. The predicted octanol–water partition coefficient (Wildman–Crippen LogP) is 0.952. The van der Waals surface area contributed by atoms with Crippen LogP contribution in [0.2, 0.25) is 0 Å². The summed E-state index contributed by atoms with van der Waals surface area (Å²) >= 11 is 0. The molecule has 96 valence electrons. The van der Waals surface area contributed by atoms with Crippen LogP contribution in [0.5, 0.6) is 0 Å². The molecule has 18 heavy (non-hydrogen) atoms. The van der Waals surface area contributed by atoms with E-state index in [0.717, 1.165) is 10.5 Å². The molecule has 0 saturated carbocycles. The van der Waals surface area contributed by atoms with E-state index < -0.39 is 0 Å². The maximum absolute atomic E-state index is 9.50. The summed E-state index contributed by atoms with van der Waals surface area (Å²) in [6, 6.07) is 6.12. The van der Waals surface area contributed by atoms with Gasteiger partial charge in [0.25, 0.3) is 7.11 Å². The Kier molecular flexibility index (Phi) is 3.05. The molecule has 0 spiro atoms. The number of fused-ring (bicyclic) bond motifs is 1. The molecular formula is C11H16N5O2+. The van der Waals surface area contributed by atoms with Crippen molar-refractivity contribution in [3.63, 3.8) is 0 Å². The Labute approximate surface area is 104 Å². The van der Waals surface area contributed by atoms with Gasteiger partial charge in [-0.15, -0.1) is 5.10 Å². The van der Waals surface area contributed by atoms with Crippen molar-refractivity contribution < 1.29 is 9.63 Å². The summed E-state index contributed by atoms with van der Waals surface area (Å²) in [5.41, 5.74) is 1.96. The minimum atomic E-state index is 0.550. The predicted molar refractivity (Wildman–Crippen MR) is 68.1 cm³/mol. The molecule has 0 aliphatic carbocycles. The third-order valence-electron chi connectivity index (χ3n) is 2.65. The number of hydrogen-bond acceptors (Lipinski definition) is 3. The van der Waals surface area contributed by atoms with Crippen LogP contribution in [0, 0.1) is 0 Å². The van der Waals surface area contributed by atoms with Gasteiger partial charge in [-0.05, 0) is 17.3 Å². The molecular weight excluding hydrogens is 234 g/mol. The lowest BCUT2D eigenvalue weighted by Crippen LogP contribution is -2.37. The highest BCUT2D eigenvalue weighted by Gasteiger charge is 2.24. The second-order valence-corrected chi connectivity index (χ2v) is 4.06.